The summed E-state index contributed by atoms with van der Waals surface area (Å²) in [6.07, 6.45) is 0. The number of nitrogens with zero attached hydrogens (tertiary/aromatic N) is 2. The first-order valence-electron chi connectivity index (χ1n) is 9.45. The number of rotatable bonds is 10. The Bertz CT molecular complexity index is 974. The summed E-state index contributed by atoms with van der Waals surface area (Å²) in [5.41, 5.74) is 1.64. The smallest absolute Gasteiger partial charge is 0.264 e. The Morgan fingerprint density at radius 3 is 2.47 bits per heavy atom. The molecule has 0 aliphatic rings. The fourth-order valence-corrected chi connectivity index (χ4v) is 3.36. The van der Waals surface area contributed by atoms with Gasteiger partial charge in [-0.15, -0.1) is 11.3 Å². The van der Waals surface area contributed by atoms with Crippen LogP contribution in [0.25, 0.3) is 11.3 Å². The van der Waals surface area contributed by atoms with Crippen LogP contribution >= 0.6 is 11.3 Å². The molecule has 0 aliphatic carbocycles. The predicted octanol–water partition coefficient (Wildman–Crippen LogP) is 3.78. The van der Waals surface area contributed by atoms with Gasteiger partial charge in [0.2, 0.25) is 0 Å². The number of carbonyl (C=O) groups excluding carboxylic acids is 1. The largest absolute Gasteiger partial charge is 0.493 e. The Kier molecular flexibility index (Phi) is 7.64. The number of para-hydroxylation sites is 3. The topological polar surface area (TPSA) is 72.9 Å². The molecule has 0 spiro atoms. The van der Waals surface area contributed by atoms with E-state index in [4.69, 9.17) is 14.2 Å². The standard InChI is InChI=1S/C22H25N3O4S/c1-25(2)12-13-28-18-9-5-4-8-16(18)17-15-30-22(23-17)24-21(26)14-29-20-11-7-6-10-19(20)27-3/h4-11,15H,12-14H2,1-3H3,(H,23,24,26). The van der Waals surface area contributed by atoms with E-state index in [9.17, 15) is 4.79 Å². The predicted molar refractivity (Wildman–Crippen MR) is 119 cm³/mol. The van der Waals surface area contributed by atoms with Gasteiger partial charge in [-0.1, -0.05) is 24.3 Å². The zero-order valence-corrected chi connectivity index (χ0v) is 18.1. The van der Waals surface area contributed by atoms with Crippen LogP contribution in [0.1, 0.15) is 0 Å². The number of thiazole rings is 1. The van der Waals surface area contributed by atoms with E-state index in [1.54, 1.807) is 19.2 Å². The normalized spacial score (nSPS) is 10.7. The van der Waals surface area contributed by atoms with Crippen molar-refractivity contribution in [3.8, 4) is 28.5 Å². The first-order chi connectivity index (χ1) is 14.6. The van der Waals surface area contributed by atoms with Crippen LogP contribution in [-0.2, 0) is 4.79 Å². The molecule has 0 radical (unpaired) electrons. The van der Waals surface area contributed by atoms with Crippen molar-refractivity contribution in [2.75, 3.05) is 46.3 Å². The third-order valence-electron chi connectivity index (χ3n) is 4.14. The number of methoxy groups -OCH3 is 1. The van der Waals surface area contributed by atoms with E-state index in [0.29, 0.717) is 23.2 Å². The maximum Gasteiger partial charge on any atom is 0.264 e. The maximum absolute atomic E-state index is 12.3. The van der Waals surface area contributed by atoms with E-state index in [1.165, 1.54) is 11.3 Å². The summed E-state index contributed by atoms with van der Waals surface area (Å²) in [5, 5.41) is 5.17. The number of nitrogens with one attached hydrogen (secondary N) is 1. The number of ether oxygens (including phenoxy) is 3. The minimum atomic E-state index is -0.294. The number of hydrogen-bond acceptors (Lipinski definition) is 7. The monoisotopic (exact) mass is 427 g/mol. The average molecular weight is 428 g/mol. The summed E-state index contributed by atoms with van der Waals surface area (Å²) in [6, 6.07) is 14.9. The lowest BCUT2D eigenvalue weighted by Crippen LogP contribution is -2.20. The summed E-state index contributed by atoms with van der Waals surface area (Å²) >= 11 is 1.35. The zero-order chi connectivity index (χ0) is 21.3. The highest BCUT2D eigenvalue weighted by Crippen LogP contribution is 2.32. The molecule has 0 atom stereocenters. The highest BCUT2D eigenvalue weighted by atomic mass is 32.1. The number of amides is 1. The summed E-state index contributed by atoms with van der Waals surface area (Å²) in [4.78, 5) is 18.9. The van der Waals surface area contributed by atoms with Crippen LogP contribution in [-0.4, -0.2) is 56.8 Å². The van der Waals surface area contributed by atoms with E-state index >= 15 is 0 Å². The molecule has 0 aliphatic heterocycles. The molecule has 1 N–H and O–H groups in total. The van der Waals surface area contributed by atoms with Crippen molar-refractivity contribution in [1.82, 2.24) is 9.88 Å². The molecule has 7 nitrogen and oxygen atoms in total. The Morgan fingerprint density at radius 1 is 1.03 bits per heavy atom. The number of benzene rings is 2. The molecule has 0 saturated heterocycles. The van der Waals surface area contributed by atoms with Crippen molar-refractivity contribution in [3.05, 3.63) is 53.9 Å². The summed E-state index contributed by atoms with van der Waals surface area (Å²) in [6.45, 7) is 1.26. The molecular weight excluding hydrogens is 402 g/mol. The fraction of sp³-hybridized carbons (Fsp3) is 0.273. The molecule has 1 amide bonds. The van der Waals surface area contributed by atoms with Gasteiger partial charge in [-0.05, 0) is 38.4 Å². The van der Waals surface area contributed by atoms with Crippen molar-refractivity contribution >= 4 is 22.4 Å². The fourth-order valence-electron chi connectivity index (χ4n) is 2.63. The van der Waals surface area contributed by atoms with Crippen molar-refractivity contribution in [3.63, 3.8) is 0 Å². The number of likely N-dealkylation sites (N-methyl/N-ethyl adjacent to an activating group) is 1. The van der Waals surface area contributed by atoms with Crippen LogP contribution in [0.2, 0.25) is 0 Å². The molecule has 1 heterocycles. The van der Waals surface area contributed by atoms with E-state index in [-0.39, 0.29) is 12.5 Å². The number of carbonyl (C=O) groups is 1. The van der Waals surface area contributed by atoms with Gasteiger partial charge in [0.25, 0.3) is 5.91 Å². The van der Waals surface area contributed by atoms with Gasteiger partial charge < -0.3 is 19.1 Å². The summed E-state index contributed by atoms with van der Waals surface area (Å²) < 4.78 is 16.7. The molecule has 0 bridgehead atoms. The van der Waals surface area contributed by atoms with Gasteiger partial charge >= 0.3 is 0 Å². The zero-order valence-electron chi connectivity index (χ0n) is 17.3. The minimum Gasteiger partial charge on any atom is -0.493 e. The van der Waals surface area contributed by atoms with Gasteiger partial charge in [-0.25, -0.2) is 4.98 Å². The van der Waals surface area contributed by atoms with E-state index < -0.39 is 0 Å². The van der Waals surface area contributed by atoms with E-state index in [1.807, 2.05) is 55.9 Å². The Balaban J connectivity index is 1.60. The quantitative estimate of drug-likeness (QED) is 0.531. The second-order valence-electron chi connectivity index (χ2n) is 6.67. The van der Waals surface area contributed by atoms with Crippen molar-refractivity contribution in [2.24, 2.45) is 0 Å². The molecule has 2 aromatic carbocycles. The number of hydrogen-bond donors (Lipinski definition) is 1. The van der Waals surface area contributed by atoms with Gasteiger partial charge in [-0.2, -0.15) is 0 Å². The number of aromatic nitrogens is 1. The summed E-state index contributed by atoms with van der Waals surface area (Å²) in [5.74, 6) is 1.56. The third-order valence-corrected chi connectivity index (χ3v) is 4.90. The first-order valence-corrected chi connectivity index (χ1v) is 10.3. The van der Waals surface area contributed by atoms with Crippen molar-refractivity contribution < 1.29 is 19.0 Å². The van der Waals surface area contributed by atoms with Crippen molar-refractivity contribution in [2.45, 2.75) is 0 Å². The van der Waals surface area contributed by atoms with E-state index in [2.05, 4.69) is 15.2 Å². The van der Waals surface area contributed by atoms with Crippen LogP contribution in [0.3, 0.4) is 0 Å². The van der Waals surface area contributed by atoms with Gasteiger partial charge in [0.1, 0.15) is 12.4 Å². The van der Waals surface area contributed by atoms with E-state index in [0.717, 1.165) is 23.6 Å². The third kappa shape index (κ3) is 5.95. The Labute approximate surface area is 180 Å². The van der Waals surface area contributed by atoms with Crippen LogP contribution in [0, 0.1) is 0 Å². The second kappa shape index (κ2) is 10.6. The molecule has 0 unspecified atom stereocenters. The van der Waals surface area contributed by atoms with Crippen LogP contribution in [0.4, 0.5) is 5.13 Å². The molecular formula is C22H25N3O4S. The van der Waals surface area contributed by atoms with Crippen LogP contribution in [0.15, 0.2) is 53.9 Å². The van der Waals surface area contributed by atoms with Crippen LogP contribution in [0.5, 0.6) is 17.2 Å². The van der Waals surface area contributed by atoms with Crippen LogP contribution < -0.4 is 19.5 Å². The minimum absolute atomic E-state index is 0.139. The molecule has 30 heavy (non-hydrogen) atoms. The Hall–Kier alpha value is -3.10. The SMILES string of the molecule is COc1ccccc1OCC(=O)Nc1nc(-c2ccccc2OCCN(C)C)cs1. The lowest BCUT2D eigenvalue weighted by atomic mass is 10.1. The molecule has 0 fully saturated rings. The highest BCUT2D eigenvalue weighted by Gasteiger charge is 2.13. The van der Waals surface area contributed by atoms with Gasteiger partial charge in [0.05, 0.1) is 12.8 Å². The summed E-state index contributed by atoms with van der Waals surface area (Å²) in [7, 11) is 5.56. The Morgan fingerprint density at radius 2 is 1.73 bits per heavy atom. The lowest BCUT2D eigenvalue weighted by molar-refractivity contribution is -0.118. The maximum atomic E-state index is 12.3. The molecule has 3 aromatic rings. The van der Waals surface area contributed by atoms with Gasteiger partial charge in [-0.3, -0.25) is 10.1 Å². The molecule has 8 heteroatoms. The van der Waals surface area contributed by atoms with Gasteiger partial charge in [0.15, 0.2) is 23.2 Å². The molecule has 158 valence electrons. The first kappa shape index (κ1) is 21.6. The lowest BCUT2D eigenvalue weighted by Gasteiger charge is -2.13. The molecule has 0 saturated carbocycles. The molecule has 3 rings (SSSR count). The number of anilines is 1. The second-order valence-corrected chi connectivity index (χ2v) is 7.53. The van der Waals surface area contributed by atoms with Crippen molar-refractivity contribution in [1.29, 1.82) is 0 Å². The van der Waals surface area contributed by atoms with Gasteiger partial charge in [0, 0.05) is 17.5 Å². The highest BCUT2D eigenvalue weighted by molar-refractivity contribution is 7.14. The molecule has 1 aromatic heterocycles. The average Bonchev–Trinajstić information content (AvgIpc) is 3.20.